The van der Waals surface area contributed by atoms with Gasteiger partial charge in [-0.25, -0.2) is 0 Å². The van der Waals surface area contributed by atoms with Crippen molar-refractivity contribution in [1.82, 2.24) is 10.2 Å². The van der Waals surface area contributed by atoms with Gasteiger partial charge in [-0.05, 0) is 67.4 Å². The second-order valence-electron chi connectivity index (χ2n) is 7.22. The summed E-state index contributed by atoms with van der Waals surface area (Å²) in [5.74, 6) is 1.78. The van der Waals surface area contributed by atoms with Gasteiger partial charge in [0.05, 0.1) is 0 Å². The van der Waals surface area contributed by atoms with Crippen LogP contribution in [0.4, 0.5) is 5.69 Å². The molecule has 0 saturated carbocycles. The molecule has 2 bridgehead atoms. The number of hydrogen-bond acceptors (Lipinski definition) is 4. The van der Waals surface area contributed by atoms with E-state index in [-0.39, 0.29) is 17.9 Å². The third kappa shape index (κ3) is 4.11. The summed E-state index contributed by atoms with van der Waals surface area (Å²) in [6, 6.07) is 14.6. The zero-order valence-corrected chi connectivity index (χ0v) is 15.3. The molecule has 0 radical (unpaired) electrons. The summed E-state index contributed by atoms with van der Waals surface area (Å²) in [5.41, 5.74) is 1.36. The molecule has 2 heterocycles. The van der Waals surface area contributed by atoms with Gasteiger partial charge in [0.15, 0.2) is 0 Å². The molecule has 0 aromatic heterocycles. The highest BCUT2D eigenvalue weighted by Gasteiger charge is 2.38. The van der Waals surface area contributed by atoms with E-state index >= 15 is 0 Å². The van der Waals surface area contributed by atoms with E-state index in [1.54, 1.807) is 48.5 Å². The smallest absolute Gasteiger partial charge is 0.251 e. The quantitative estimate of drug-likeness (QED) is 0.855. The number of fused-ring (bicyclic) bond motifs is 2. The summed E-state index contributed by atoms with van der Waals surface area (Å²) in [4.78, 5) is 25.9. The average Bonchev–Trinajstić information content (AvgIpc) is 3.26. The molecule has 2 N–H and O–H groups in total. The fourth-order valence-electron chi connectivity index (χ4n) is 3.82. The fourth-order valence-corrected chi connectivity index (χ4v) is 3.82. The maximum absolute atomic E-state index is 12.5. The van der Waals surface area contributed by atoms with Crippen molar-refractivity contribution >= 4 is 17.5 Å². The molecule has 6 nitrogen and oxygen atoms in total. The summed E-state index contributed by atoms with van der Waals surface area (Å²) in [7, 11) is 0. The predicted octanol–water partition coefficient (Wildman–Crippen LogP) is 2.87. The zero-order chi connectivity index (χ0) is 18.8. The Morgan fingerprint density at radius 2 is 1.67 bits per heavy atom. The van der Waals surface area contributed by atoms with Gasteiger partial charge in [-0.1, -0.05) is 0 Å². The van der Waals surface area contributed by atoms with Crippen LogP contribution < -0.4 is 15.4 Å². The zero-order valence-electron chi connectivity index (χ0n) is 15.3. The van der Waals surface area contributed by atoms with Gasteiger partial charge in [-0.3, -0.25) is 9.59 Å². The van der Waals surface area contributed by atoms with E-state index in [4.69, 9.17) is 4.74 Å². The number of anilines is 1. The van der Waals surface area contributed by atoms with Crippen LogP contribution in [0.3, 0.4) is 0 Å². The molecule has 2 amide bonds. The highest BCUT2D eigenvalue weighted by atomic mass is 16.5. The molecule has 2 aliphatic heterocycles. The largest absolute Gasteiger partial charge is 0.457 e. The minimum Gasteiger partial charge on any atom is -0.457 e. The van der Waals surface area contributed by atoms with E-state index in [1.165, 1.54) is 13.3 Å². The second-order valence-corrected chi connectivity index (χ2v) is 7.22. The Balaban J connectivity index is 1.34. The van der Waals surface area contributed by atoms with Crippen molar-refractivity contribution < 1.29 is 14.3 Å². The number of carbonyl (C=O) groups excluding carboxylic acids is 2. The second kappa shape index (κ2) is 7.40. The maximum atomic E-state index is 12.5. The molecule has 2 saturated heterocycles. The molecule has 0 spiro atoms. The molecule has 27 heavy (non-hydrogen) atoms. The van der Waals surface area contributed by atoms with Gasteiger partial charge in [-0.15, -0.1) is 0 Å². The van der Waals surface area contributed by atoms with Gasteiger partial charge in [-0.2, -0.15) is 0 Å². The van der Waals surface area contributed by atoms with Gasteiger partial charge in [0, 0.05) is 37.3 Å². The first-order valence-corrected chi connectivity index (χ1v) is 9.25. The third-order valence-electron chi connectivity index (χ3n) is 5.18. The Morgan fingerprint density at radius 1 is 1.00 bits per heavy atom. The lowest BCUT2D eigenvalue weighted by Gasteiger charge is -2.23. The van der Waals surface area contributed by atoms with Crippen LogP contribution in [0.25, 0.3) is 0 Å². The molecule has 4 rings (SSSR count). The van der Waals surface area contributed by atoms with E-state index in [9.17, 15) is 9.59 Å². The van der Waals surface area contributed by atoms with Gasteiger partial charge in [0.1, 0.15) is 11.5 Å². The van der Waals surface area contributed by atoms with Crippen molar-refractivity contribution in [3.63, 3.8) is 0 Å². The Labute approximate surface area is 158 Å². The first-order chi connectivity index (χ1) is 13.1. The number of hydrogen-bond donors (Lipinski definition) is 2. The Morgan fingerprint density at radius 3 is 2.22 bits per heavy atom. The summed E-state index contributed by atoms with van der Waals surface area (Å²) in [6.45, 7) is 4.70. The van der Waals surface area contributed by atoms with Crippen LogP contribution in [-0.4, -0.2) is 42.4 Å². The molecule has 2 fully saturated rings. The molecular formula is C21H23N3O3. The van der Waals surface area contributed by atoms with Crippen molar-refractivity contribution in [1.29, 1.82) is 0 Å². The van der Waals surface area contributed by atoms with Crippen LogP contribution in [0.5, 0.6) is 11.5 Å². The number of piperidine rings is 1. The standard InChI is InChI=1S/C21H23N3O3/c1-14(25)22-17-4-8-19(9-5-17)27-18-6-2-15(3-7-18)21(26)23-20-13-24-11-10-16(20)12-24/h2-9,16,20H,10-13H2,1H3,(H,22,25)(H,23,26)/t16-,20?/m0/s1. The Hall–Kier alpha value is -2.86. The monoisotopic (exact) mass is 365 g/mol. The first-order valence-electron chi connectivity index (χ1n) is 9.25. The van der Waals surface area contributed by atoms with Gasteiger partial charge in [0.25, 0.3) is 5.91 Å². The number of benzene rings is 2. The lowest BCUT2D eigenvalue weighted by atomic mass is 9.99. The number of amides is 2. The molecule has 2 unspecified atom stereocenters. The minimum absolute atomic E-state index is 0.0278. The summed E-state index contributed by atoms with van der Waals surface area (Å²) in [5, 5.41) is 5.87. The number of nitrogens with one attached hydrogen (secondary N) is 2. The topological polar surface area (TPSA) is 70.7 Å². The van der Waals surface area contributed by atoms with Crippen LogP contribution in [-0.2, 0) is 4.79 Å². The van der Waals surface area contributed by atoms with E-state index in [0.717, 1.165) is 25.3 Å². The van der Waals surface area contributed by atoms with Crippen LogP contribution in [0.2, 0.25) is 0 Å². The first kappa shape index (κ1) is 17.5. The van der Waals surface area contributed by atoms with Gasteiger partial charge < -0.3 is 20.3 Å². The number of rotatable bonds is 5. The van der Waals surface area contributed by atoms with Crippen LogP contribution in [0, 0.1) is 5.92 Å². The fraction of sp³-hybridized carbons (Fsp3) is 0.333. The maximum Gasteiger partial charge on any atom is 0.251 e. The number of carbonyl (C=O) groups is 2. The van der Waals surface area contributed by atoms with Crippen LogP contribution in [0.1, 0.15) is 23.7 Å². The Bertz CT molecular complexity index is 833. The normalized spacial score (nSPS) is 23.1. The number of nitrogens with zero attached hydrogens (tertiary/aromatic N) is 1. The third-order valence-corrected chi connectivity index (χ3v) is 5.18. The summed E-state index contributed by atoms with van der Waals surface area (Å²) < 4.78 is 5.80. The molecule has 2 aromatic carbocycles. The molecule has 140 valence electrons. The minimum atomic E-state index is -0.111. The van der Waals surface area contributed by atoms with E-state index in [0.29, 0.717) is 23.0 Å². The van der Waals surface area contributed by atoms with Crippen molar-refractivity contribution in [3.05, 3.63) is 54.1 Å². The van der Waals surface area contributed by atoms with Crippen molar-refractivity contribution in [2.24, 2.45) is 5.92 Å². The molecule has 2 aromatic rings. The highest BCUT2D eigenvalue weighted by Crippen LogP contribution is 2.28. The molecule has 3 atom stereocenters. The molecule has 2 aliphatic rings. The SMILES string of the molecule is CC(=O)Nc1ccc(Oc2ccc(C(=O)NC3CN4CC[C@H]3C4)cc2)cc1. The Kier molecular flexibility index (Phi) is 4.81. The average molecular weight is 365 g/mol. The van der Waals surface area contributed by atoms with E-state index in [1.807, 2.05) is 0 Å². The summed E-state index contributed by atoms with van der Waals surface area (Å²) in [6.07, 6.45) is 1.18. The predicted molar refractivity (Wildman–Crippen MR) is 103 cm³/mol. The van der Waals surface area contributed by atoms with Gasteiger partial charge >= 0.3 is 0 Å². The van der Waals surface area contributed by atoms with Crippen LogP contribution >= 0.6 is 0 Å². The lowest BCUT2D eigenvalue weighted by molar-refractivity contribution is -0.114. The van der Waals surface area contributed by atoms with E-state index < -0.39 is 0 Å². The lowest BCUT2D eigenvalue weighted by Crippen LogP contribution is -2.43. The molecular weight excluding hydrogens is 342 g/mol. The number of ether oxygens (including phenoxy) is 1. The van der Waals surface area contributed by atoms with Crippen LogP contribution in [0.15, 0.2) is 48.5 Å². The van der Waals surface area contributed by atoms with E-state index in [2.05, 4.69) is 15.5 Å². The molecule has 6 heteroatoms. The highest BCUT2D eigenvalue weighted by molar-refractivity contribution is 5.94. The van der Waals surface area contributed by atoms with Crippen molar-refractivity contribution in [2.75, 3.05) is 25.0 Å². The van der Waals surface area contributed by atoms with Gasteiger partial charge in [0.2, 0.25) is 5.91 Å². The molecule has 0 aliphatic carbocycles. The van der Waals surface area contributed by atoms with Crippen molar-refractivity contribution in [3.8, 4) is 11.5 Å². The van der Waals surface area contributed by atoms with Crippen molar-refractivity contribution in [2.45, 2.75) is 19.4 Å². The summed E-state index contributed by atoms with van der Waals surface area (Å²) >= 11 is 0.